The molecule has 1 aromatic rings. The van der Waals surface area contributed by atoms with Crippen LogP contribution in [0.1, 0.15) is 56.1 Å². The fraction of sp³-hybridized carbons (Fsp3) is 0.632. The molecule has 0 aliphatic heterocycles. The largest absolute Gasteiger partial charge is 0.396 e. The third-order valence-electron chi connectivity index (χ3n) is 4.90. The maximum absolute atomic E-state index is 12.0. The molecule has 1 aliphatic carbocycles. The van der Waals surface area contributed by atoms with Crippen LogP contribution in [0.25, 0.3) is 0 Å². The number of aryl methyl sites for hydroxylation is 2. The number of carbonyl (C=O) groups is 1. The zero-order chi connectivity index (χ0) is 15.8. The first-order chi connectivity index (χ1) is 10.6. The highest BCUT2D eigenvalue weighted by Crippen LogP contribution is 2.35. The second-order valence-electron chi connectivity index (χ2n) is 6.83. The van der Waals surface area contributed by atoms with Gasteiger partial charge in [0.05, 0.1) is 6.61 Å². The molecule has 1 fully saturated rings. The van der Waals surface area contributed by atoms with E-state index in [-0.39, 0.29) is 17.9 Å². The third-order valence-corrected chi connectivity index (χ3v) is 4.90. The molecule has 1 saturated carbocycles. The molecule has 0 radical (unpaired) electrons. The number of hydrogen-bond donors (Lipinski definition) is 2. The van der Waals surface area contributed by atoms with E-state index in [2.05, 4.69) is 36.5 Å². The second-order valence-corrected chi connectivity index (χ2v) is 6.83. The summed E-state index contributed by atoms with van der Waals surface area (Å²) < 4.78 is 0. The Hall–Kier alpha value is -1.35. The van der Waals surface area contributed by atoms with E-state index in [0.717, 1.165) is 25.7 Å². The number of amides is 1. The van der Waals surface area contributed by atoms with E-state index in [0.29, 0.717) is 13.0 Å². The van der Waals surface area contributed by atoms with Crippen molar-refractivity contribution in [2.75, 3.05) is 13.2 Å². The van der Waals surface area contributed by atoms with Crippen molar-refractivity contribution in [2.45, 2.75) is 58.3 Å². The number of aliphatic hydroxyl groups excluding tert-OH is 1. The van der Waals surface area contributed by atoms with E-state index in [1.54, 1.807) is 0 Å². The highest BCUT2D eigenvalue weighted by Gasteiger charge is 2.31. The van der Waals surface area contributed by atoms with Crippen molar-refractivity contribution >= 4 is 5.91 Å². The molecule has 2 N–H and O–H groups in total. The highest BCUT2D eigenvalue weighted by atomic mass is 16.3. The molecule has 0 atom stereocenters. The van der Waals surface area contributed by atoms with Crippen molar-refractivity contribution in [3.63, 3.8) is 0 Å². The summed E-state index contributed by atoms with van der Waals surface area (Å²) in [4.78, 5) is 12.0. The lowest BCUT2D eigenvalue weighted by atomic mass is 9.74. The number of nitrogens with one attached hydrogen (secondary N) is 1. The molecule has 22 heavy (non-hydrogen) atoms. The lowest BCUT2D eigenvalue weighted by Crippen LogP contribution is -2.41. The summed E-state index contributed by atoms with van der Waals surface area (Å²) in [6.07, 6.45) is 8.05. The van der Waals surface area contributed by atoms with E-state index >= 15 is 0 Å². The first-order valence-electron chi connectivity index (χ1n) is 8.57. The van der Waals surface area contributed by atoms with Gasteiger partial charge in [-0.05, 0) is 38.2 Å². The van der Waals surface area contributed by atoms with Crippen LogP contribution in [0.3, 0.4) is 0 Å². The van der Waals surface area contributed by atoms with Gasteiger partial charge in [-0.1, -0.05) is 49.1 Å². The Bertz CT molecular complexity index is 461. The van der Waals surface area contributed by atoms with Gasteiger partial charge in [-0.2, -0.15) is 0 Å². The van der Waals surface area contributed by atoms with Crippen LogP contribution in [0, 0.1) is 12.3 Å². The number of carbonyl (C=O) groups excluding carboxylic acids is 1. The molecule has 3 nitrogen and oxygen atoms in total. The van der Waals surface area contributed by atoms with Crippen LogP contribution in [-0.2, 0) is 11.2 Å². The van der Waals surface area contributed by atoms with E-state index in [1.807, 2.05) is 0 Å². The molecule has 122 valence electrons. The zero-order valence-electron chi connectivity index (χ0n) is 13.7. The average Bonchev–Trinajstić information content (AvgIpc) is 2.56. The van der Waals surface area contributed by atoms with Gasteiger partial charge in [-0.15, -0.1) is 0 Å². The molecule has 0 aromatic heterocycles. The van der Waals surface area contributed by atoms with Crippen molar-refractivity contribution in [2.24, 2.45) is 5.41 Å². The summed E-state index contributed by atoms with van der Waals surface area (Å²) in [5.74, 6) is 0.116. The lowest BCUT2D eigenvalue weighted by molar-refractivity contribution is -0.122. The summed E-state index contributed by atoms with van der Waals surface area (Å²) in [5, 5.41) is 12.7. The highest BCUT2D eigenvalue weighted by molar-refractivity contribution is 5.75. The van der Waals surface area contributed by atoms with Crippen LogP contribution in [0.4, 0.5) is 0 Å². The smallest absolute Gasteiger partial charge is 0.220 e. The van der Waals surface area contributed by atoms with Crippen molar-refractivity contribution in [1.29, 1.82) is 0 Å². The SMILES string of the molecule is Cc1ccc(CCCC(=O)NCC2(CO)CCCCC2)cc1. The van der Waals surface area contributed by atoms with Gasteiger partial charge in [-0.3, -0.25) is 4.79 Å². The number of hydrogen-bond acceptors (Lipinski definition) is 2. The molecular formula is C19H29NO2. The maximum Gasteiger partial charge on any atom is 0.220 e. The lowest BCUT2D eigenvalue weighted by Gasteiger charge is -2.35. The maximum atomic E-state index is 12.0. The third kappa shape index (κ3) is 5.13. The number of rotatable bonds is 7. The van der Waals surface area contributed by atoms with Crippen LogP contribution in [0.15, 0.2) is 24.3 Å². The van der Waals surface area contributed by atoms with Crippen molar-refractivity contribution in [3.05, 3.63) is 35.4 Å². The number of aliphatic hydroxyl groups is 1. The van der Waals surface area contributed by atoms with Gasteiger partial charge in [-0.25, -0.2) is 0 Å². The zero-order valence-corrected chi connectivity index (χ0v) is 13.7. The van der Waals surface area contributed by atoms with Crippen molar-refractivity contribution in [1.82, 2.24) is 5.32 Å². The Morgan fingerprint density at radius 3 is 2.50 bits per heavy atom. The standard InChI is InChI=1S/C19H29NO2/c1-16-8-10-17(11-9-16)6-5-7-18(22)20-14-19(15-21)12-3-2-4-13-19/h8-11,21H,2-7,12-15H2,1H3,(H,20,22). The summed E-state index contributed by atoms with van der Waals surface area (Å²) in [7, 11) is 0. The molecule has 0 spiro atoms. The fourth-order valence-corrected chi connectivity index (χ4v) is 3.27. The van der Waals surface area contributed by atoms with Crippen LogP contribution in [0.5, 0.6) is 0 Å². The molecule has 1 aromatic carbocycles. The minimum absolute atomic E-state index is 0.0646. The first kappa shape index (κ1) is 17.0. The minimum Gasteiger partial charge on any atom is -0.396 e. The molecule has 0 heterocycles. The summed E-state index contributed by atoms with van der Waals surface area (Å²) in [6, 6.07) is 8.50. The summed E-state index contributed by atoms with van der Waals surface area (Å²) in [5.41, 5.74) is 2.49. The predicted octanol–water partition coefficient (Wildman–Crippen LogP) is 3.38. The summed E-state index contributed by atoms with van der Waals surface area (Å²) >= 11 is 0. The topological polar surface area (TPSA) is 49.3 Å². The molecule has 0 bridgehead atoms. The molecule has 1 amide bonds. The van der Waals surface area contributed by atoms with E-state index in [1.165, 1.54) is 30.4 Å². The van der Waals surface area contributed by atoms with Crippen LogP contribution >= 0.6 is 0 Å². The van der Waals surface area contributed by atoms with Crippen LogP contribution < -0.4 is 5.32 Å². The molecule has 3 heteroatoms. The predicted molar refractivity (Wildman–Crippen MR) is 89.7 cm³/mol. The van der Waals surface area contributed by atoms with Crippen LogP contribution in [0.2, 0.25) is 0 Å². The Morgan fingerprint density at radius 1 is 1.18 bits per heavy atom. The van der Waals surface area contributed by atoms with Crippen LogP contribution in [-0.4, -0.2) is 24.2 Å². The van der Waals surface area contributed by atoms with Gasteiger partial charge in [0.1, 0.15) is 0 Å². The van der Waals surface area contributed by atoms with Gasteiger partial charge in [0, 0.05) is 18.4 Å². The van der Waals surface area contributed by atoms with Crippen molar-refractivity contribution < 1.29 is 9.90 Å². The summed E-state index contributed by atoms with van der Waals surface area (Å²) in [6.45, 7) is 2.91. The quantitative estimate of drug-likeness (QED) is 0.811. The number of benzene rings is 1. The molecule has 1 aliphatic rings. The first-order valence-corrected chi connectivity index (χ1v) is 8.57. The Labute approximate surface area is 134 Å². The monoisotopic (exact) mass is 303 g/mol. The van der Waals surface area contributed by atoms with Crippen molar-refractivity contribution in [3.8, 4) is 0 Å². The minimum atomic E-state index is -0.0646. The molecular weight excluding hydrogens is 274 g/mol. The fourth-order valence-electron chi connectivity index (χ4n) is 3.27. The van der Waals surface area contributed by atoms with Gasteiger partial charge in [0.2, 0.25) is 5.91 Å². The van der Waals surface area contributed by atoms with Gasteiger partial charge >= 0.3 is 0 Å². The Kier molecular flexibility index (Phi) is 6.44. The Balaban J connectivity index is 1.68. The molecule has 0 saturated heterocycles. The van der Waals surface area contributed by atoms with E-state index in [4.69, 9.17) is 0 Å². The van der Waals surface area contributed by atoms with Gasteiger partial charge in [0.15, 0.2) is 0 Å². The molecule has 0 unspecified atom stereocenters. The average molecular weight is 303 g/mol. The van der Waals surface area contributed by atoms with E-state index in [9.17, 15) is 9.90 Å². The van der Waals surface area contributed by atoms with Gasteiger partial charge < -0.3 is 10.4 Å². The van der Waals surface area contributed by atoms with E-state index < -0.39 is 0 Å². The Morgan fingerprint density at radius 2 is 1.86 bits per heavy atom. The van der Waals surface area contributed by atoms with Gasteiger partial charge in [0.25, 0.3) is 0 Å². The molecule has 2 rings (SSSR count). The second kappa shape index (κ2) is 8.33. The normalized spacial score (nSPS) is 17.2.